The average molecular weight is 465 g/mol. The highest BCUT2D eigenvalue weighted by Gasteiger charge is 2.19. The minimum absolute atomic E-state index is 0.0252. The van der Waals surface area contributed by atoms with Gasteiger partial charge in [-0.05, 0) is 74.0 Å². The van der Waals surface area contributed by atoms with Gasteiger partial charge >= 0.3 is 0 Å². The first-order chi connectivity index (χ1) is 14.4. The van der Waals surface area contributed by atoms with Crippen LogP contribution in [-0.4, -0.2) is 20.7 Å². The summed E-state index contributed by atoms with van der Waals surface area (Å²) in [5, 5.41) is 7.31. The number of hydrogen-bond donors (Lipinski definition) is 1. The van der Waals surface area contributed by atoms with Gasteiger partial charge in [0.1, 0.15) is 5.82 Å². The monoisotopic (exact) mass is 464 g/mol. The van der Waals surface area contributed by atoms with E-state index in [-0.39, 0.29) is 11.6 Å². The number of anilines is 1. The summed E-state index contributed by atoms with van der Waals surface area (Å²) in [5.74, 6) is -0.289. The number of benzene rings is 3. The van der Waals surface area contributed by atoms with Crippen LogP contribution in [0.3, 0.4) is 0 Å². The first kappa shape index (κ1) is 20.0. The molecule has 0 bridgehead atoms. The molecule has 7 heteroatoms. The van der Waals surface area contributed by atoms with E-state index in [1.165, 1.54) is 12.1 Å². The van der Waals surface area contributed by atoms with Crippen molar-refractivity contribution in [3.63, 3.8) is 0 Å². The molecule has 0 aliphatic rings. The molecule has 0 spiro atoms. The largest absolute Gasteiger partial charge is 0.319 e. The normalized spacial score (nSPS) is 10.8. The number of nitrogens with one attached hydrogen (secondary N) is 1. The molecule has 1 heterocycles. The molecule has 4 rings (SSSR count). The van der Waals surface area contributed by atoms with Crippen molar-refractivity contribution in [2.45, 2.75) is 13.8 Å². The molecule has 0 aliphatic carbocycles. The van der Waals surface area contributed by atoms with Gasteiger partial charge in [-0.25, -0.2) is 14.1 Å². The zero-order valence-electron chi connectivity index (χ0n) is 16.4. The number of carbonyl (C=O) groups excluding carboxylic acids is 1. The zero-order chi connectivity index (χ0) is 21.3. The van der Waals surface area contributed by atoms with Gasteiger partial charge in [-0.15, -0.1) is 5.10 Å². The van der Waals surface area contributed by atoms with Gasteiger partial charge < -0.3 is 5.32 Å². The van der Waals surface area contributed by atoms with E-state index in [9.17, 15) is 9.18 Å². The smallest absolute Gasteiger partial charge is 0.295 e. The topological polar surface area (TPSA) is 59.8 Å². The van der Waals surface area contributed by atoms with Crippen LogP contribution < -0.4 is 5.32 Å². The highest BCUT2D eigenvalue weighted by Crippen LogP contribution is 2.24. The van der Waals surface area contributed by atoms with Crippen molar-refractivity contribution in [2.24, 2.45) is 0 Å². The van der Waals surface area contributed by atoms with Crippen molar-refractivity contribution >= 4 is 27.5 Å². The Bertz CT molecular complexity index is 1150. The van der Waals surface area contributed by atoms with Crippen molar-refractivity contribution in [3.05, 3.63) is 94.0 Å². The number of amides is 1. The summed E-state index contributed by atoms with van der Waals surface area (Å²) in [5.41, 5.74) is 4.15. The Morgan fingerprint density at radius 3 is 2.37 bits per heavy atom. The Balaban J connectivity index is 1.75. The van der Waals surface area contributed by atoms with Crippen LogP contribution in [0.15, 0.2) is 71.2 Å². The third-order valence-electron chi connectivity index (χ3n) is 4.61. The van der Waals surface area contributed by atoms with Gasteiger partial charge in [0.15, 0.2) is 5.82 Å². The highest BCUT2D eigenvalue weighted by atomic mass is 79.9. The number of aryl methyl sites for hydroxylation is 2. The molecule has 0 atom stereocenters. The van der Waals surface area contributed by atoms with Gasteiger partial charge in [-0.1, -0.05) is 33.6 Å². The van der Waals surface area contributed by atoms with Gasteiger partial charge in [0.2, 0.25) is 5.82 Å². The number of aromatic nitrogens is 3. The van der Waals surface area contributed by atoms with E-state index in [1.54, 1.807) is 16.8 Å². The lowest BCUT2D eigenvalue weighted by atomic mass is 10.1. The first-order valence-corrected chi connectivity index (χ1v) is 10.1. The van der Waals surface area contributed by atoms with Crippen molar-refractivity contribution in [2.75, 3.05) is 5.32 Å². The summed E-state index contributed by atoms with van der Waals surface area (Å²) < 4.78 is 15.9. The average Bonchev–Trinajstić information content (AvgIpc) is 3.17. The van der Waals surface area contributed by atoms with Crippen LogP contribution in [-0.2, 0) is 0 Å². The summed E-state index contributed by atoms with van der Waals surface area (Å²) in [6.45, 7) is 3.93. The molecule has 0 fully saturated rings. The number of hydrogen-bond acceptors (Lipinski definition) is 3. The quantitative estimate of drug-likeness (QED) is 0.420. The predicted octanol–water partition coefficient (Wildman–Crippen LogP) is 5.71. The molecule has 0 aliphatic heterocycles. The highest BCUT2D eigenvalue weighted by molar-refractivity contribution is 9.10. The second kappa shape index (κ2) is 8.20. The summed E-state index contributed by atoms with van der Waals surface area (Å²) in [7, 11) is 0. The SMILES string of the molecule is Cc1ccc(NC(=O)c2nc(-c3ccc(F)cc3)n(-c3ccc(Br)cc3)n2)c(C)c1. The van der Waals surface area contributed by atoms with Crippen LogP contribution in [0.4, 0.5) is 10.1 Å². The van der Waals surface area contributed by atoms with E-state index in [4.69, 9.17) is 0 Å². The van der Waals surface area contributed by atoms with E-state index < -0.39 is 5.91 Å². The van der Waals surface area contributed by atoms with E-state index in [1.807, 2.05) is 56.3 Å². The second-order valence-electron chi connectivity index (χ2n) is 6.93. The molecule has 0 saturated heterocycles. The first-order valence-electron chi connectivity index (χ1n) is 9.28. The Morgan fingerprint density at radius 1 is 1.00 bits per heavy atom. The van der Waals surface area contributed by atoms with Gasteiger partial charge in [-0.3, -0.25) is 4.79 Å². The third kappa shape index (κ3) is 4.16. The number of rotatable bonds is 4. The van der Waals surface area contributed by atoms with Gasteiger partial charge in [0.05, 0.1) is 5.69 Å². The lowest BCUT2D eigenvalue weighted by Crippen LogP contribution is -2.15. The van der Waals surface area contributed by atoms with Gasteiger partial charge in [0, 0.05) is 15.7 Å². The molecule has 5 nitrogen and oxygen atoms in total. The molecular formula is C23H18BrFN4O. The third-order valence-corrected chi connectivity index (χ3v) is 5.14. The van der Waals surface area contributed by atoms with E-state index in [0.717, 1.165) is 21.3 Å². The van der Waals surface area contributed by atoms with Crippen LogP contribution in [0.1, 0.15) is 21.7 Å². The lowest BCUT2D eigenvalue weighted by molar-refractivity contribution is 0.101. The molecule has 30 heavy (non-hydrogen) atoms. The van der Waals surface area contributed by atoms with Crippen LogP contribution in [0.25, 0.3) is 17.1 Å². The van der Waals surface area contributed by atoms with Crippen LogP contribution in [0, 0.1) is 19.7 Å². The molecule has 3 aromatic carbocycles. The summed E-state index contributed by atoms with van der Waals surface area (Å²) in [6, 6.07) is 19.2. The molecule has 1 aromatic heterocycles. The lowest BCUT2D eigenvalue weighted by Gasteiger charge is -2.07. The fourth-order valence-electron chi connectivity index (χ4n) is 3.09. The maximum absolute atomic E-state index is 13.4. The van der Waals surface area contributed by atoms with Crippen molar-refractivity contribution in [3.8, 4) is 17.1 Å². The van der Waals surface area contributed by atoms with Crippen LogP contribution in [0.5, 0.6) is 0 Å². The van der Waals surface area contributed by atoms with Gasteiger partial charge in [0.25, 0.3) is 5.91 Å². The van der Waals surface area contributed by atoms with Crippen LogP contribution >= 0.6 is 15.9 Å². The minimum Gasteiger partial charge on any atom is -0.319 e. The van der Waals surface area contributed by atoms with Crippen molar-refractivity contribution in [1.82, 2.24) is 14.8 Å². The van der Waals surface area contributed by atoms with Crippen molar-refractivity contribution < 1.29 is 9.18 Å². The fraction of sp³-hybridized carbons (Fsp3) is 0.0870. The predicted molar refractivity (Wildman–Crippen MR) is 118 cm³/mol. The maximum Gasteiger partial charge on any atom is 0.295 e. The summed E-state index contributed by atoms with van der Waals surface area (Å²) >= 11 is 3.42. The van der Waals surface area contributed by atoms with E-state index in [2.05, 4.69) is 31.3 Å². The Kier molecular flexibility index (Phi) is 5.46. The maximum atomic E-state index is 13.4. The van der Waals surface area contributed by atoms with E-state index in [0.29, 0.717) is 17.1 Å². The minimum atomic E-state index is -0.416. The Hall–Kier alpha value is -3.32. The van der Waals surface area contributed by atoms with Gasteiger partial charge in [-0.2, -0.15) is 0 Å². The molecule has 4 aromatic rings. The molecule has 0 unspecified atom stereocenters. The number of halogens is 2. The standard InChI is InChI=1S/C23H18BrFN4O/c1-14-3-12-20(15(2)13-14)26-23(30)21-27-22(16-4-8-18(25)9-5-16)29(28-21)19-10-6-17(24)7-11-19/h3-13H,1-2H3,(H,26,30). The van der Waals surface area contributed by atoms with Crippen LogP contribution in [0.2, 0.25) is 0 Å². The van der Waals surface area contributed by atoms with E-state index >= 15 is 0 Å². The molecule has 0 radical (unpaired) electrons. The molecule has 1 N–H and O–H groups in total. The summed E-state index contributed by atoms with van der Waals surface area (Å²) in [4.78, 5) is 17.3. The Morgan fingerprint density at radius 2 is 1.70 bits per heavy atom. The molecule has 150 valence electrons. The molecule has 0 saturated carbocycles. The summed E-state index contributed by atoms with van der Waals surface area (Å²) in [6.07, 6.45) is 0. The molecular weight excluding hydrogens is 447 g/mol. The fourth-order valence-corrected chi connectivity index (χ4v) is 3.35. The zero-order valence-corrected chi connectivity index (χ0v) is 17.9. The van der Waals surface area contributed by atoms with Crippen molar-refractivity contribution in [1.29, 1.82) is 0 Å². The second-order valence-corrected chi connectivity index (χ2v) is 7.84. The number of carbonyl (C=O) groups is 1. The Labute approximate surface area is 181 Å². The number of nitrogens with zero attached hydrogens (tertiary/aromatic N) is 3. The molecule has 1 amide bonds.